The number of likely N-dealkylation sites (tertiary alicyclic amines) is 2. The molecule has 2 aromatic heterocycles. The Morgan fingerprint density at radius 1 is 1.18 bits per heavy atom. The fraction of sp³-hybridized carbons (Fsp3) is 0.600. The van der Waals surface area contributed by atoms with Gasteiger partial charge in [0, 0.05) is 25.3 Å². The number of rotatable bonds is 4. The monoisotopic (exact) mass is 384 g/mol. The molecule has 28 heavy (non-hydrogen) atoms. The second-order valence-corrected chi connectivity index (χ2v) is 7.66. The third-order valence-electron chi connectivity index (χ3n) is 5.70. The van der Waals surface area contributed by atoms with Crippen molar-refractivity contribution in [2.24, 2.45) is 0 Å². The highest BCUT2D eigenvalue weighted by molar-refractivity contribution is 5.74. The minimum absolute atomic E-state index is 0.0674. The first-order valence-corrected chi connectivity index (χ1v) is 10.3. The van der Waals surface area contributed by atoms with Crippen LogP contribution in [0.15, 0.2) is 28.9 Å². The van der Waals surface area contributed by atoms with Crippen molar-refractivity contribution in [2.75, 3.05) is 26.2 Å². The molecule has 8 nitrogen and oxygen atoms in total. The Labute approximate surface area is 165 Å². The van der Waals surface area contributed by atoms with Gasteiger partial charge in [0.1, 0.15) is 11.7 Å². The van der Waals surface area contributed by atoms with Crippen LogP contribution in [0.2, 0.25) is 0 Å². The zero-order chi connectivity index (χ0) is 19.3. The van der Waals surface area contributed by atoms with E-state index in [1.807, 2.05) is 30.0 Å². The first-order chi connectivity index (χ1) is 13.7. The van der Waals surface area contributed by atoms with Crippen molar-refractivity contribution in [3.63, 3.8) is 0 Å². The summed E-state index contributed by atoms with van der Waals surface area (Å²) in [5.74, 6) is 0.816. The van der Waals surface area contributed by atoms with Crippen LogP contribution in [-0.4, -0.2) is 63.2 Å². The van der Waals surface area contributed by atoms with Crippen LogP contribution < -0.4 is 5.32 Å². The largest absolute Gasteiger partial charge is 0.337 e. The molecule has 1 N–H and O–H groups in total. The van der Waals surface area contributed by atoms with Gasteiger partial charge in [-0.2, -0.15) is 4.98 Å². The highest BCUT2D eigenvalue weighted by Gasteiger charge is 2.28. The average Bonchev–Trinajstić information content (AvgIpc) is 3.26. The normalized spacial score (nSPS) is 20.1. The van der Waals surface area contributed by atoms with Crippen LogP contribution in [0.1, 0.15) is 51.0 Å². The second kappa shape index (κ2) is 8.68. The van der Waals surface area contributed by atoms with Gasteiger partial charge in [0.2, 0.25) is 11.7 Å². The zero-order valence-electron chi connectivity index (χ0n) is 16.4. The molecule has 4 heterocycles. The van der Waals surface area contributed by atoms with E-state index >= 15 is 0 Å². The summed E-state index contributed by atoms with van der Waals surface area (Å²) in [6, 6.07) is 5.74. The second-order valence-electron chi connectivity index (χ2n) is 7.66. The molecule has 2 amide bonds. The first kappa shape index (κ1) is 18.9. The molecule has 0 bridgehead atoms. The van der Waals surface area contributed by atoms with Crippen LogP contribution in [0, 0.1) is 0 Å². The van der Waals surface area contributed by atoms with Crippen LogP contribution in [-0.2, 0) is 0 Å². The van der Waals surface area contributed by atoms with Gasteiger partial charge in [-0.25, -0.2) is 4.79 Å². The zero-order valence-corrected chi connectivity index (χ0v) is 16.4. The van der Waals surface area contributed by atoms with E-state index in [1.54, 1.807) is 6.20 Å². The third-order valence-corrected chi connectivity index (χ3v) is 5.70. The Bertz CT molecular complexity index is 766. The number of amides is 2. The van der Waals surface area contributed by atoms with Crippen LogP contribution in [0.4, 0.5) is 4.79 Å². The van der Waals surface area contributed by atoms with E-state index in [4.69, 9.17) is 4.52 Å². The van der Waals surface area contributed by atoms with Gasteiger partial charge in [0.05, 0.1) is 0 Å². The summed E-state index contributed by atoms with van der Waals surface area (Å²) in [6.45, 7) is 5.87. The van der Waals surface area contributed by atoms with Gasteiger partial charge in [0.15, 0.2) is 0 Å². The van der Waals surface area contributed by atoms with Crippen LogP contribution >= 0.6 is 0 Å². The highest BCUT2D eigenvalue weighted by atomic mass is 16.5. The Balaban J connectivity index is 1.29. The van der Waals surface area contributed by atoms with E-state index in [0.29, 0.717) is 23.5 Å². The number of hydrogen-bond acceptors (Lipinski definition) is 6. The van der Waals surface area contributed by atoms with E-state index in [1.165, 1.54) is 32.4 Å². The summed E-state index contributed by atoms with van der Waals surface area (Å²) >= 11 is 0. The fourth-order valence-corrected chi connectivity index (χ4v) is 4.07. The summed E-state index contributed by atoms with van der Waals surface area (Å²) in [5.41, 5.74) is 0.649. The Hall–Kier alpha value is -2.48. The summed E-state index contributed by atoms with van der Waals surface area (Å²) in [7, 11) is 0. The fourth-order valence-electron chi connectivity index (χ4n) is 4.07. The maximum absolute atomic E-state index is 12.6. The van der Waals surface area contributed by atoms with Crippen LogP contribution in [0.25, 0.3) is 11.5 Å². The molecule has 0 radical (unpaired) electrons. The quantitative estimate of drug-likeness (QED) is 0.872. The number of carbonyl (C=O) groups is 1. The lowest BCUT2D eigenvalue weighted by Crippen LogP contribution is -2.50. The van der Waals surface area contributed by atoms with Crippen molar-refractivity contribution in [3.05, 3.63) is 30.3 Å². The van der Waals surface area contributed by atoms with Gasteiger partial charge in [-0.1, -0.05) is 17.6 Å². The minimum Gasteiger partial charge on any atom is -0.337 e. The summed E-state index contributed by atoms with van der Waals surface area (Å²) < 4.78 is 5.32. The van der Waals surface area contributed by atoms with Gasteiger partial charge >= 0.3 is 6.03 Å². The molecule has 0 unspecified atom stereocenters. The molecule has 2 fully saturated rings. The van der Waals surface area contributed by atoms with Gasteiger partial charge in [-0.05, 0) is 57.8 Å². The predicted molar refractivity (Wildman–Crippen MR) is 104 cm³/mol. The summed E-state index contributed by atoms with van der Waals surface area (Å²) in [5, 5.41) is 6.95. The summed E-state index contributed by atoms with van der Waals surface area (Å²) in [6.07, 6.45) is 7.75. The number of urea groups is 1. The van der Waals surface area contributed by atoms with E-state index in [-0.39, 0.29) is 12.1 Å². The molecule has 0 saturated carbocycles. The Kier molecular flexibility index (Phi) is 5.85. The van der Waals surface area contributed by atoms with Crippen molar-refractivity contribution in [1.82, 2.24) is 30.2 Å². The van der Waals surface area contributed by atoms with Crippen molar-refractivity contribution < 1.29 is 9.32 Å². The number of carbonyl (C=O) groups excluding carboxylic acids is 1. The smallest absolute Gasteiger partial charge is 0.318 e. The molecule has 2 aromatic rings. The lowest BCUT2D eigenvalue weighted by atomic mass is 10.00. The Morgan fingerprint density at radius 3 is 2.68 bits per heavy atom. The Morgan fingerprint density at radius 2 is 1.96 bits per heavy atom. The molecule has 8 heteroatoms. The van der Waals surface area contributed by atoms with E-state index in [9.17, 15) is 4.79 Å². The number of hydrogen-bond donors (Lipinski definition) is 1. The molecular formula is C20H28N6O2. The number of pyridine rings is 1. The van der Waals surface area contributed by atoms with Gasteiger partial charge in [-0.15, -0.1) is 0 Å². The van der Waals surface area contributed by atoms with Crippen LogP contribution in [0.5, 0.6) is 0 Å². The molecule has 150 valence electrons. The SMILES string of the molecule is C[C@H](NC(=O)N1CCC(N2CCCCC2)CC1)c1nc(-c2ccccn2)no1. The maximum Gasteiger partial charge on any atom is 0.318 e. The molecule has 2 aliphatic heterocycles. The van der Waals surface area contributed by atoms with Crippen molar-refractivity contribution in [2.45, 2.75) is 51.1 Å². The molecule has 1 atom stereocenters. The standard InChI is InChI=1S/C20H28N6O2/c1-15(19-23-18(24-28-19)17-7-3-4-10-21-17)22-20(27)26-13-8-16(9-14-26)25-11-5-2-6-12-25/h3-4,7,10,15-16H,2,5-6,8-9,11-14H2,1H3,(H,22,27)/t15-/m0/s1. The number of aromatic nitrogens is 3. The third kappa shape index (κ3) is 4.32. The predicted octanol–water partition coefficient (Wildman–Crippen LogP) is 2.85. The van der Waals surface area contributed by atoms with Gasteiger partial charge in [0.25, 0.3) is 0 Å². The molecule has 0 aromatic carbocycles. The maximum atomic E-state index is 12.6. The summed E-state index contributed by atoms with van der Waals surface area (Å²) in [4.78, 5) is 25.7. The molecular weight excluding hydrogens is 356 g/mol. The van der Waals surface area contributed by atoms with Gasteiger partial charge in [-0.3, -0.25) is 4.98 Å². The van der Waals surface area contributed by atoms with Crippen molar-refractivity contribution in [3.8, 4) is 11.5 Å². The first-order valence-electron chi connectivity index (χ1n) is 10.3. The molecule has 2 saturated heterocycles. The average molecular weight is 384 g/mol. The number of nitrogens with one attached hydrogen (secondary N) is 1. The van der Waals surface area contributed by atoms with E-state index in [0.717, 1.165) is 25.9 Å². The lowest BCUT2D eigenvalue weighted by Gasteiger charge is -2.40. The highest BCUT2D eigenvalue weighted by Crippen LogP contribution is 2.22. The minimum atomic E-state index is -0.350. The molecule has 0 aliphatic carbocycles. The van der Waals surface area contributed by atoms with E-state index in [2.05, 4.69) is 25.3 Å². The molecule has 0 spiro atoms. The molecule has 4 rings (SSSR count). The topological polar surface area (TPSA) is 87.4 Å². The van der Waals surface area contributed by atoms with Crippen molar-refractivity contribution >= 4 is 6.03 Å². The number of piperidine rings is 2. The molecule has 2 aliphatic rings. The number of nitrogens with zero attached hydrogens (tertiary/aromatic N) is 5. The lowest BCUT2D eigenvalue weighted by molar-refractivity contribution is 0.100. The van der Waals surface area contributed by atoms with Gasteiger partial charge < -0.3 is 19.6 Å². The van der Waals surface area contributed by atoms with Crippen LogP contribution in [0.3, 0.4) is 0 Å². The van der Waals surface area contributed by atoms with E-state index < -0.39 is 0 Å². The van der Waals surface area contributed by atoms with Crippen molar-refractivity contribution in [1.29, 1.82) is 0 Å².